The molecular formula is C15H19N5O. The smallest absolute Gasteiger partial charge is 0.238 e. The van der Waals surface area contributed by atoms with Gasteiger partial charge in [-0.05, 0) is 37.6 Å². The van der Waals surface area contributed by atoms with Gasteiger partial charge in [0, 0.05) is 24.6 Å². The number of hydrogen-bond donors (Lipinski definition) is 1. The molecule has 1 saturated heterocycles. The Kier molecular flexibility index (Phi) is 4.25. The molecule has 1 amide bonds. The van der Waals surface area contributed by atoms with Gasteiger partial charge in [-0.2, -0.15) is 5.10 Å². The summed E-state index contributed by atoms with van der Waals surface area (Å²) in [5.41, 5.74) is 0.741. The molecular weight excluding hydrogens is 266 g/mol. The number of carbonyl (C=O) groups excluding carboxylic acids is 1. The Morgan fingerprint density at radius 3 is 3.10 bits per heavy atom. The van der Waals surface area contributed by atoms with E-state index in [-0.39, 0.29) is 5.91 Å². The third kappa shape index (κ3) is 3.66. The van der Waals surface area contributed by atoms with Crippen molar-refractivity contribution < 1.29 is 4.79 Å². The fourth-order valence-corrected chi connectivity index (χ4v) is 2.76. The van der Waals surface area contributed by atoms with E-state index in [2.05, 4.69) is 20.3 Å². The predicted molar refractivity (Wildman–Crippen MR) is 79.7 cm³/mol. The molecule has 0 saturated carbocycles. The van der Waals surface area contributed by atoms with Crippen LogP contribution in [0.15, 0.2) is 43.0 Å². The molecule has 1 aliphatic heterocycles. The van der Waals surface area contributed by atoms with Gasteiger partial charge in [0.2, 0.25) is 5.91 Å². The van der Waals surface area contributed by atoms with Crippen LogP contribution in [0.4, 0.5) is 5.69 Å². The summed E-state index contributed by atoms with van der Waals surface area (Å²) in [6.07, 6.45) is 9.34. The molecule has 2 aromatic heterocycles. The van der Waals surface area contributed by atoms with E-state index in [1.807, 2.05) is 29.1 Å². The van der Waals surface area contributed by atoms with E-state index < -0.39 is 0 Å². The van der Waals surface area contributed by atoms with Crippen LogP contribution in [0.25, 0.3) is 0 Å². The van der Waals surface area contributed by atoms with Crippen LogP contribution in [0.5, 0.6) is 0 Å². The number of hydrogen-bond acceptors (Lipinski definition) is 4. The van der Waals surface area contributed by atoms with Gasteiger partial charge in [0.15, 0.2) is 0 Å². The van der Waals surface area contributed by atoms with Crippen molar-refractivity contribution in [3.63, 3.8) is 0 Å². The van der Waals surface area contributed by atoms with Crippen molar-refractivity contribution in [2.45, 2.75) is 25.4 Å². The lowest BCUT2D eigenvalue weighted by molar-refractivity contribution is -0.117. The highest BCUT2D eigenvalue weighted by Gasteiger charge is 2.26. The zero-order valence-corrected chi connectivity index (χ0v) is 11.9. The first-order chi connectivity index (χ1) is 10.3. The molecule has 21 heavy (non-hydrogen) atoms. The number of likely N-dealkylation sites (tertiary alicyclic amines) is 1. The lowest BCUT2D eigenvalue weighted by Crippen LogP contribution is -2.39. The van der Waals surface area contributed by atoms with Crippen molar-refractivity contribution in [3.8, 4) is 0 Å². The molecule has 1 atom stereocenters. The molecule has 110 valence electrons. The fourth-order valence-electron chi connectivity index (χ4n) is 2.76. The lowest BCUT2D eigenvalue weighted by Gasteiger charge is -2.23. The van der Waals surface area contributed by atoms with Crippen LogP contribution in [0.1, 0.15) is 12.8 Å². The maximum Gasteiger partial charge on any atom is 0.238 e. The molecule has 1 fully saturated rings. The van der Waals surface area contributed by atoms with E-state index in [1.54, 1.807) is 18.6 Å². The van der Waals surface area contributed by atoms with Crippen LogP contribution in [0.2, 0.25) is 0 Å². The molecule has 0 radical (unpaired) electrons. The molecule has 3 rings (SSSR count). The summed E-state index contributed by atoms with van der Waals surface area (Å²) in [4.78, 5) is 18.3. The Bertz CT molecular complexity index is 569. The first-order valence-electron chi connectivity index (χ1n) is 7.22. The number of pyridine rings is 1. The van der Waals surface area contributed by atoms with E-state index in [0.29, 0.717) is 12.6 Å². The predicted octanol–water partition coefficient (Wildman–Crippen LogP) is 1.38. The number of carbonyl (C=O) groups is 1. The van der Waals surface area contributed by atoms with Crippen molar-refractivity contribution in [1.82, 2.24) is 19.7 Å². The molecule has 0 unspecified atom stereocenters. The molecule has 0 aromatic carbocycles. The summed E-state index contributed by atoms with van der Waals surface area (Å²) in [7, 11) is 0. The van der Waals surface area contributed by atoms with Crippen LogP contribution in [0.3, 0.4) is 0 Å². The Morgan fingerprint density at radius 1 is 1.38 bits per heavy atom. The van der Waals surface area contributed by atoms with Gasteiger partial charge in [-0.15, -0.1) is 0 Å². The van der Waals surface area contributed by atoms with Crippen LogP contribution in [-0.2, 0) is 11.3 Å². The van der Waals surface area contributed by atoms with Crippen LogP contribution in [0, 0.1) is 0 Å². The van der Waals surface area contributed by atoms with Gasteiger partial charge in [0.1, 0.15) is 0 Å². The number of aromatic nitrogens is 3. The first-order valence-corrected chi connectivity index (χ1v) is 7.22. The standard InChI is InChI=1S/C15H19N5O/c21-15(18-13-4-1-6-16-10-13)12-19-8-2-5-14(19)11-20-9-3-7-17-20/h1,3-4,6-7,9-10,14H,2,5,8,11-12H2,(H,18,21)/t14-/m1/s1. The van der Waals surface area contributed by atoms with Crippen LogP contribution >= 0.6 is 0 Å². The SMILES string of the molecule is O=C(CN1CCC[C@@H]1Cn1cccn1)Nc1cccnc1. The van der Waals surface area contributed by atoms with Gasteiger partial charge < -0.3 is 5.32 Å². The van der Waals surface area contributed by atoms with Gasteiger partial charge >= 0.3 is 0 Å². The average Bonchev–Trinajstić information content (AvgIpc) is 3.13. The molecule has 6 nitrogen and oxygen atoms in total. The number of nitrogens with zero attached hydrogens (tertiary/aromatic N) is 4. The van der Waals surface area contributed by atoms with Gasteiger partial charge in [0.05, 0.1) is 25.0 Å². The molecule has 3 heterocycles. The Hall–Kier alpha value is -2.21. The first kappa shape index (κ1) is 13.8. The van der Waals surface area contributed by atoms with Gasteiger partial charge in [-0.1, -0.05) is 0 Å². The van der Waals surface area contributed by atoms with Gasteiger partial charge in [0.25, 0.3) is 0 Å². The molecule has 0 bridgehead atoms. The highest BCUT2D eigenvalue weighted by molar-refractivity contribution is 5.92. The minimum absolute atomic E-state index is 0.00960. The molecule has 2 aromatic rings. The summed E-state index contributed by atoms with van der Waals surface area (Å²) in [5, 5.41) is 7.12. The maximum absolute atomic E-state index is 12.1. The number of anilines is 1. The van der Waals surface area contributed by atoms with Crippen LogP contribution in [-0.4, -0.2) is 44.7 Å². The summed E-state index contributed by atoms with van der Waals surface area (Å²) in [5.74, 6) is 0.00960. The zero-order valence-electron chi connectivity index (χ0n) is 11.9. The third-order valence-electron chi connectivity index (χ3n) is 3.75. The van der Waals surface area contributed by atoms with E-state index >= 15 is 0 Å². The fraction of sp³-hybridized carbons (Fsp3) is 0.400. The second kappa shape index (κ2) is 6.49. The third-order valence-corrected chi connectivity index (χ3v) is 3.75. The molecule has 0 aliphatic carbocycles. The Balaban J connectivity index is 1.54. The second-order valence-electron chi connectivity index (χ2n) is 5.28. The average molecular weight is 285 g/mol. The number of rotatable bonds is 5. The summed E-state index contributed by atoms with van der Waals surface area (Å²) in [6.45, 7) is 2.22. The van der Waals surface area contributed by atoms with Crippen molar-refractivity contribution >= 4 is 11.6 Å². The zero-order chi connectivity index (χ0) is 14.5. The maximum atomic E-state index is 12.1. The van der Waals surface area contributed by atoms with E-state index in [4.69, 9.17) is 0 Å². The second-order valence-corrected chi connectivity index (χ2v) is 5.28. The molecule has 1 N–H and O–H groups in total. The van der Waals surface area contributed by atoms with Gasteiger partial charge in [-0.25, -0.2) is 0 Å². The molecule has 6 heteroatoms. The summed E-state index contributed by atoms with van der Waals surface area (Å²) >= 11 is 0. The topological polar surface area (TPSA) is 63.1 Å². The Labute approximate surface area is 123 Å². The lowest BCUT2D eigenvalue weighted by atomic mass is 10.2. The van der Waals surface area contributed by atoms with Crippen molar-refractivity contribution in [3.05, 3.63) is 43.0 Å². The normalized spacial score (nSPS) is 18.8. The summed E-state index contributed by atoms with van der Waals surface area (Å²) < 4.78 is 1.93. The minimum atomic E-state index is 0.00960. The minimum Gasteiger partial charge on any atom is -0.324 e. The monoisotopic (exact) mass is 285 g/mol. The van der Waals surface area contributed by atoms with Crippen molar-refractivity contribution in [2.75, 3.05) is 18.4 Å². The highest BCUT2D eigenvalue weighted by atomic mass is 16.2. The molecule has 1 aliphatic rings. The highest BCUT2D eigenvalue weighted by Crippen LogP contribution is 2.18. The summed E-state index contributed by atoms with van der Waals surface area (Å²) in [6, 6.07) is 5.96. The van der Waals surface area contributed by atoms with E-state index in [9.17, 15) is 4.79 Å². The van der Waals surface area contributed by atoms with E-state index in [0.717, 1.165) is 31.6 Å². The Morgan fingerprint density at radius 2 is 2.33 bits per heavy atom. The number of nitrogens with one attached hydrogen (secondary N) is 1. The quantitative estimate of drug-likeness (QED) is 0.901. The van der Waals surface area contributed by atoms with Crippen LogP contribution < -0.4 is 5.32 Å². The van der Waals surface area contributed by atoms with Gasteiger partial charge in [-0.3, -0.25) is 19.4 Å². The van der Waals surface area contributed by atoms with Crippen molar-refractivity contribution in [1.29, 1.82) is 0 Å². The number of amides is 1. The largest absolute Gasteiger partial charge is 0.324 e. The van der Waals surface area contributed by atoms with Crippen molar-refractivity contribution in [2.24, 2.45) is 0 Å². The van der Waals surface area contributed by atoms with E-state index in [1.165, 1.54) is 0 Å². The molecule has 0 spiro atoms.